The zero-order chi connectivity index (χ0) is 10.7. The second kappa shape index (κ2) is 4.58. The van der Waals surface area contributed by atoms with Crippen LogP contribution in [-0.4, -0.2) is 11.7 Å². The molecule has 0 radical (unpaired) electrons. The van der Waals surface area contributed by atoms with E-state index in [2.05, 4.69) is 32.9 Å². The number of benzene rings is 1. The van der Waals surface area contributed by atoms with Crippen LogP contribution in [0.25, 0.3) is 0 Å². The van der Waals surface area contributed by atoms with Crippen molar-refractivity contribution in [2.24, 2.45) is 5.73 Å². The maximum Gasteiger partial charge on any atom is 0.0449 e. The van der Waals surface area contributed by atoms with Gasteiger partial charge in [-0.05, 0) is 43.9 Å². The van der Waals surface area contributed by atoms with Crippen molar-refractivity contribution in [2.45, 2.75) is 33.2 Å². The minimum Gasteiger partial charge on any atom is -0.396 e. The first-order valence-corrected chi connectivity index (χ1v) is 5.00. The second-order valence-electron chi connectivity index (χ2n) is 3.93. The van der Waals surface area contributed by atoms with Crippen LogP contribution in [0.5, 0.6) is 0 Å². The molecular formula is C12H19NO. The molecule has 2 nitrogen and oxygen atoms in total. The Morgan fingerprint density at radius 2 is 1.71 bits per heavy atom. The van der Waals surface area contributed by atoms with E-state index in [4.69, 9.17) is 10.8 Å². The average Bonchev–Trinajstić information content (AvgIpc) is 2.01. The van der Waals surface area contributed by atoms with Gasteiger partial charge in [-0.15, -0.1) is 0 Å². The Hall–Kier alpha value is -0.860. The highest BCUT2D eigenvalue weighted by atomic mass is 16.3. The van der Waals surface area contributed by atoms with Gasteiger partial charge in [-0.2, -0.15) is 0 Å². The van der Waals surface area contributed by atoms with E-state index >= 15 is 0 Å². The quantitative estimate of drug-likeness (QED) is 0.771. The molecule has 2 heteroatoms. The summed E-state index contributed by atoms with van der Waals surface area (Å²) in [6.45, 7) is 6.38. The number of aryl methyl sites for hydroxylation is 3. The molecule has 1 atom stereocenters. The maximum absolute atomic E-state index is 8.85. The molecule has 0 saturated carbocycles. The molecule has 0 aliphatic rings. The molecule has 1 aromatic carbocycles. The van der Waals surface area contributed by atoms with Crippen molar-refractivity contribution >= 4 is 0 Å². The van der Waals surface area contributed by atoms with Gasteiger partial charge in [0.2, 0.25) is 0 Å². The molecule has 0 aromatic heterocycles. The van der Waals surface area contributed by atoms with Crippen LogP contribution in [0.15, 0.2) is 12.1 Å². The third-order valence-electron chi connectivity index (χ3n) is 2.55. The van der Waals surface area contributed by atoms with E-state index in [-0.39, 0.29) is 12.6 Å². The second-order valence-corrected chi connectivity index (χ2v) is 3.93. The summed E-state index contributed by atoms with van der Waals surface area (Å²) in [4.78, 5) is 0. The lowest BCUT2D eigenvalue weighted by atomic mass is 9.93. The molecule has 0 fully saturated rings. The SMILES string of the molecule is Cc1cc(C)c([C@H](N)CCO)c(C)c1. The molecule has 0 bridgehead atoms. The van der Waals surface area contributed by atoms with Gasteiger partial charge in [0, 0.05) is 12.6 Å². The highest BCUT2D eigenvalue weighted by Gasteiger charge is 2.11. The third kappa shape index (κ3) is 2.34. The molecule has 1 rings (SSSR count). The van der Waals surface area contributed by atoms with Gasteiger partial charge < -0.3 is 10.8 Å². The smallest absolute Gasteiger partial charge is 0.0449 e. The fourth-order valence-electron chi connectivity index (χ4n) is 2.06. The predicted octanol–water partition coefficient (Wildman–Crippen LogP) is 1.99. The Morgan fingerprint density at radius 1 is 1.21 bits per heavy atom. The minimum atomic E-state index is -0.0411. The number of hydrogen-bond acceptors (Lipinski definition) is 2. The highest BCUT2D eigenvalue weighted by Crippen LogP contribution is 2.23. The number of rotatable bonds is 3. The minimum absolute atomic E-state index is 0.0411. The van der Waals surface area contributed by atoms with Crippen LogP contribution in [-0.2, 0) is 0 Å². The first-order chi connectivity index (χ1) is 6.56. The monoisotopic (exact) mass is 193 g/mol. The van der Waals surface area contributed by atoms with Gasteiger partial charge in [0.25, 0.3) is 0 Å². The van der Waals surface area contributed by atoms with E-state index < -0.39 is 0 Å². The Kier molecular flexibility index (Phi) is 3.67. The Bertz CT molecular complexity index is 297. The molecule has 0 unspecified atom stereocenters. The van der Waals surface area contributed by atoms with Crippen molar-refractivity contribution in [1.29, 1.82) is 0 Å². The molecule has 1 aromatic rings. The molecular weight excluding hydrogens is 174 g/mol. The van der Waals surface area contributed by atoms with Crippen molar-refractivity contribution in [3.8, 4) is 0 Å². The standard InChI is InChI=1S/C12H19NO/c1-8-6-9(2)12(10(3)7-8)11(13)4-5-14/h6-7,11,14H,4-5,13H2,1-3H3/t11-/m1/s1. The fourth-order valence-corrected chi connectivity index (χ4v) is 2.06. The van der Waals surface area contributed by atoms with Gasteiger partial charge in [0.15, 0.2) is 0 Å². The van der Waals surface area contributed by atoms with E-state index in [9.17, 15) is 0 Å². The van der Waals surface area contributed by atoms with Crippen molar-refractivity contribution in [3.05, 3.63) is 34.4 Å². The molecule has 0 aliphatic carbocycles. The van der Waals surface area contributed by atoms with Crippen LogP contribution >= 0.6 is 0 Å². The summed E-state index contributed by atoms with van der Waals surface area (Å²) in [6.07, 6.45) is 0.630. The lowest BCUT2D eigenvalue weighted by Gasteiger charge is -2.17. The molecule has 78 valence electrons. The first-order valence-electron chi connectivity index (χ1n) is 5.00. The number of nitrogens with two attached hydrogens (primary N) is 1. The molecule has 0 amide bonds. The summed E-state index contributed by atoms with van der Waals surface area (Å²) in [5, 5.41) is 8.85. The van der Waals surface area contributed by atoms with Gasteiger partial charge in [-0.25, -0.2) is 0 Å². The van der Waals surface area contributed by atoms with Gasteiger partial charge in [0.1, 0.15) is 0 Å². The molecule has 0 aliphatic heterocycles. The lowest BCUT2D eigenvalue weighted by Crippen LogP contribution is -2.15. The summed E-state index contributed by atoms with van der Waals surface area (Å²) in [7, 11) is 0. The van der Waals surface area contributed by atoms with Gasteiger partial charge in [-0.3, -0.25) is 0 Å². The number of aliphatic hydroxyl groups excluding tert-OH is 1. The number of hydrogen-bond donors (Lipinski definition) is 2. The number of aliphatic hydroxyl groups is 1. The predicted molar refractivity (Wildman–Crippen MR) is 59.3 cm³/mol. The first kappa shape index (κ1) is 11.2. The Labute approximate surface area is 85.8 Å². The normalized spacial score (nSPS) is 12.9. The summed E-state index contributed by atoms with van der Waals surface area (Å²) >= 11 is 0. The van der Waals surface area contributed by atoms with Crippen molar-refractivity contribution in [1.82, 2.24) is 0 Å². The highest BCUT2D eigenvalue weighted by molar-refractivity contribution is 5.39. The fraction of sp³-hybridized carbons (Fsp3) is 0.500. The molecule has 0 saturated heterocycles. The zero-order valence-corrected chi connectivity index (χ0v) is 9.17. The summed E-state index contributed by atoms with van der Waals surface area (Å²) in [5.41, 5.74) is 10.9. The van der Waals surface area contributed by atoms with Crippen molar-refractivity contribution in [2.75, 3.05) is 6.61 Å². The van der Waals surface area contributed by atoms with Crippen LogP contribution in [0.3, 0.4) is 0 Å². The van der Waals surface area contributed by atoms with Crippen LogP contribution in [0.4, 0.5) is 0 Å². The van der Waals surface area contributed by atoms with E-state index in [1.807, 2.05) is 0 Å². The van der Waals surface area contributed by atoms with E-state index in [1.165, 1.54) is 22.3 Å². The Morgan fingerprint density at radius 3 is 2.14 bits per heavy atom. The largest absolute Gasteiger partial charge is 0.396 e. The molecule has 14 heavy (non-hydrogen) atoms. The van der Waals surface area contributed by atoms with Crippen LogP contribution in [0.2, 0.25) is 0 Å². The maximum atomic E-state index is 8.85. The zero-order valence-electron chi connectivity index (χ0n) is 9.17. The van der Waals surface area contributed by atoms with Gasteiger partial charge >= 0.3 is 0 Å². The van der Waals surface area contributed by atoms with E-state index in [0.29, 0.717) is 6.42 Å². The van der Waals surface area contributed by atoms with Crippen LogP contribution in [0.1, 0.15) is 34.7 Å². The van der Waals surface area contributed by atoms with E-state index in [0.717, 1.165) is 0 Å². The summed E-state index contributed by atoms with van der Waals surface area (Å²) in [6, 6.07) is 4.24. The summed E-state index contributed by atoms with van der Waals surface area (Å²) in [5.74, 6) is 0. The lowest BCUT2D eigenvalue weighted by molar-refractivity contribution is 0.276. The topological polar surface area (TPSA) is 46.2 Å². The Balaban J connectivity index is 3.07. The van der Waals surface area contributed by atoms with E-state index in [1.54, 1.807) is 0 Å². The average molecular weight is 193 g/mol. The van der Waals surface area contributed by atoms with Gasteiger partial charge in [-0.1, -0.05) is 17.7 Å². The molecule has 0 spiro atoms. The third-order valence-corrected chi connectivity index (χ3v) is 2.55. The van der Waals surface area contributed by atoms with Crippen LogP contribution < -0.4 is 5.73 Å². The van der Waals surface area contributed by atoms with Gasteiger partial charge in [0.05, 0.1) is 0 Å². The molecule has 0 heterocycles. The molecule has 3 N–H and O–H groups in total. The summed E-state index contributed by atoms with van der Waals surface area (Å²) < 4.78 is 0. The van der Waals surface area contributed by atoms with Crippen molar-refractivity contribution in [3.63, 3.8) is 0 Å². The van der Waals surface area contributed by atoms with Crippen molar-refractivity contribution < 1.29 is 5.11 Å². The van der Waals surface area contributed by atoms with Crippen LogP contribution in [0, 0.1) is 20.8 Å².